The number of carbonyl (C=O) groups is 2. The summed E-state index contributed by atoms with van der Waals surface area (Å²) in [5.74, 6) is 0.298. The van der Waals surface area contributed by atoms with Crippen LogP contribution in [0.2, 0.25) is 0 Å². The second kappa shape index (κ2) is 38.1. The lowest BCUT2D eigenvalue weighted by Crippen LogP contribution is -2.12. The summed E-state index contributed by atoms with van der Waals surface area (Å²) in [5, 5.41) is 10.0. The Morgan fingerprint density at radius 3 is 1.01 bits per heavy atom. The topological polar surface area (TPSA) is 120 Å². The van der Waals surface area contributed by atoms with E-state index in [1.807, 2.05) is 54.6 Å². The zero-order valence-corrected chi connectivity index (χ0v) is 46.1. The largest absolute Gasteiger partial charge is 0.494 e. The number of aliphatic imine (C=N–C) groups is 2. The van der Waals surface area contributed by atoms with Gasteiger partial charge in [0.15, 0.2) is 11.5 Å². The first kappa shape index (κ1) is 60.3. The molecule has 0 heterocycles. The molecule has 0 aliphatic heterocycles. The summed E-state index contributed by atoms with van der Waals surface area (Å²) in [6.45, 7) is 5.99. The van der Waals surface area contributed by atoms with E-state index in [0.29, 0.717) is 11.4 Å². The maximum absolute atomic E-state index is 13.2. The van der Waals surface area contributed by atoms with Gasteiger partial charge in [0.05, 0.1) is 35.7 Å². The lowest BCUT2D eigenvalue weighted by molar-refractivity contribution is 0.0731. The minimum atomic E-state index is -0.670. The number of nitrogens with zero attached hydrogens (tertiary/aromatic N) is 3. The van der Waals surface area contributed by atoms with Crippen LogP contribution in [0.1, 0.15) is 231 Å². The number of esters is 2. The molecule has 5 rings (SSSR count). The van der Waals surface area contributed by atoms with Crippen molar-refractivity contribution in [3.63, 3.8) is 0 Å². The molecular formula is C67H87N3O6. The first-order chi connectivity index (χ1) is 37.4. The van der Waals surface area contributed by atoms with Crippen LogP contribution in [0.3, 0.4) is 0 Å². The highest BCUT2D eigenvalue weighted by Gasteiger charge is 2.19. The average molecular weight is 1030 g/mol. The minimum Gasteiger partial charge on any atom is -0.494 e. The smallest absolute Gasteiger partial charge is 0.343 e. The quantitative estimate of drug-likeness (QED) is 0.0166. The third-order valence-corrected chi connectivity index (χ3v) is 13.7. The Hall–Kier alpha value is -6.53. The molecule has 0 aromatic heterocycles. The SMILES string of the molecule is CCCCCCCCCCCCCCCCOc1ccc(C=Nc2ccc(C(=O)Oc3cccc(OC(=O)c4ccc(N=Cc5ccc(OCCCCCCCCCCCCCCCC)cc5)cc4)c3C#N)cc2)cc1. The fourth-order valence-electron chi connectivity index (χ4n) is 9.05. The van der Waals surface area contributed by atoms with Crippen molar-refractivity contribution in [3.05, 3.63) is 143 Å². The maximum atomic E-state index is 13.2. The van der Waals surface area contributed by atoms with Crippen molar-refractivity contribution in [1.29, 1.82) is 5.26 Å². The number of carbonyl (C=O) groups excluding carboxylic acids is 2. The third-order valence-electron chi connectivity index (χ3n) is 13.7. The van der Waals surface area contributed by atoms with Crippen LogP contribution in [0.5, 0.6) is 23.0 Å². The summed E-state index contributed by atoms with van der Waals surface area (Å²) >= 11 is 0. The first-order valence-electron chi connectivity index (χ1n) is 29.2. The molecule has 0 aliphatic rings. The van der Waals surface area contributed by atoms with Gasteiger partial charge in [0.25, 0.3) is 0 Å². The Morgan fingerprint density at radius 1 is 0.408 bits per heavy atom. The molecule has 0 bridgehead atoms. The van der Waals surface area contributed by atoms with Gasteiger partial charge in [-0.15, -0.1) is 0 Å². The maximum Gasteiger partial charge on any atom is 0.343 e. The minimum absolute atomic E-state index is 0.0267. The number of hydrogen-bond acceptors (Lipinski definition) is 9. The van der Waals surface area contributed by atoms with Crippen LogP contribution in [0.15, 0.2) is 125 Å². The van der Waals surface area contributed by atoms with Crippen LogP contribution in [-0.2, 0) is 0 Å². The lowest BCUT2D eigenvalue weighted by Gasteiger charge is -2.10. The lowest BCUT2D eigenvalue weighted by atomic mass is 10.0. The summed E-state index contributed by atoms with van der Waals surface area (Å²) in [4.78, 5) is 35.5. The van der Waals surface area contributed by atoms with E-state index in [1.54, 1.807) is 67.0 Å². The summed E-state index contributed by atoms with van der Waals surface area (Å²) in [6, 6.07) is 35.6. The highest BCUT2D eigenvalue weighted by atomic mass is 16.5. The molecule has 5 aromatic carbocycles. The predicted octanol–water partition coefficient (Wildman–Crippen LogP) is 19.2. The van der Waals surface area contributed by atoms with E-state index in [-0.39, 0.29) is 28.2 Å². The van der Waals surface area contributed by atoms with Gasteiger partial charge < -0.3 is 18.9 Å². The second-order valence-corrected chi connectivity index (χ2v) is 20.2. The number of hydrogen-bond donors (Lipinski definition) is 0. The van der Waals surface area contributed by atoms with E-state index in [9.17, 15) is 14.9 Å². The van der Waals surface area contributed by atoms with Crippen LogP contribution in [-0.4, -0.2) is 37.6 Å². The number of ether oxygens (including phenoxy) is 4. The summed E-state index contributed by atoms with van der Waals surface area (Å²) < 4.78 is 23.2. The van der Waals surface area contributed by atoms with Crippen molar-refractivity contribution in [2.45, 2.75) is 194 Å². The van der Waals surface area contributed by atoms with Gasteiger partial charge in [0.1, 0.15) is 23.1 Å². The monoisotopic (exact) mass is 1030 g/mol. The molecule has 76 heavy (non-hydrogen) atoms. The van der Waals surface area contributed by atoms with Crippen LogP contribution < -0.4 is 18.9 Å². The molecule has 9 nitrogen and oxygen atoms in total. The molecule has 5 aromatic rings. The van der Waals surface area contributed by atoms with Crippen molar-refractivity contribution < 1.29 is 28.5 Å². The van der Waals surface area contributed by atoms with Gasteiger partial charge >= 0.3 is 11.9 Å². The van der Waals surface area contributed by atoms with E-state index < -0.39 is 11.9 Å². The van der Waals surface area contributed by atoms with E-state index in [0.717, 1.165) is 48.7 Å². The standard InChI is InChI=1S/C67H87N3O6/c1-3-5-7-9-11-13-15-17-19-21-23-25-27-29-50-73-61-46-34-55(35-47-61)53-69-59-42-38-57(39-43-59)66(71)75-64-32-31-33-65(63(64)52-68)76-67(72)58-40-44-60(45-41-58)70-54-56-36-48-62(49-37-56)74-51-30-28-26-24-22-20-18-16-14-12-10-8-6-4-2/h31-49,53-54H,3-30,50-51H2,1-2H3. The van der Waals surface area contributed by atoms with Crippen LogP contribution in [0.4, 0.5) is 11.4 Å². The predicted molar refractivity (Wildman–Crippen MR) is 313 cm³/mol. The number of benzene rings is 5. The Labute approximate surface area is 456 Å². The van der Waals surface area contributed by atoms with Gasteiger partial charge in [-0.05, 0) is 133 Å². The van der Waals surface area contributed by atoms with E-state index >= 15 is 0 Å². The molecule has 0 aliphatic carbocycles. The summed E-state index contributed by atoms with van der Waals surface area (Å²) in [5.41, 5.74) is 3.61. The highest BCUT2D eigenvalue weighted by molar-refractivity contribution is 5.93. The number of unbranched alkanes of at least 4 members (excludes halogenated alkanes) is 26. The first-order valence-corrected chi connectivity index (χ1v) is 29.2. The van der Waals surface area contributed by atoms with Crippen LogP contribution in [0, 0.1) is 11.3 Å². The Morgan fingerprint density at radius 2 is 0.711 bits per heavy atom. The van der Waals surface area contributed by atoms with Crippen LogP contribution >= 0.6 is 0 Å². The van der Waals surface area contributed by atoms with Crippen molar-refractivity contribution >= 4 is 35.7 Å². The van der Waals surface area contributed by atoms with Gasteiger partial charge in [0.2, 0.25) is 0 Å². The zero-order chi connectivity index (χ0) is 53.5. The highest BCUT2D eigenvalue weighted by Crippen LogP contribution is 2.30. The molecule has 0 radical (unpaired) electrons. The van der Waals surface area contributed by atoms with Crippen molar-refractivity contribution in [3.8, 4) is 29.1 Å². The molecule has 0 saturated heterocycles. The van der Waals surface area contributed by atoms with Crippen molar-refractivity contribution in [2.75, 3.05) is 13.2 Å². The van der Waals surface area contributed by atoms with Crippen LogP contribution in [0.25, 0.3) is 0 Å². The van der Waals surface area contributed by atoms with Gasteiger partial charge in [-0.2, -0.15) is 5.26 Å². The molecule has 0 saturated carbocycles. The second-order valence-electron chi connectivity index (χ2n) is 20.2. The Balaban J connectivity index is 0.954. The molecule has 0 N–H and O–H groups in total. The molecule has 0 atom stereocenters. The Kier molecular flexibility index (Phi) is 30.2. The van der Waals surface area contributed by atoms with Crippen molar-refractivity contribution in [1.82, 2.24) is 0 Å². The van der Waals surface area contributed by atoms with Gasteiger partial charge in [-0.1, -0.05) is 187 Å². The molecule has 0 fully saturated rings. The van der Waals surface area contributed by atoms with Gasteiger partial charge in [-0.25, -0.2) is 9.59 Å². The number of rotatable bonds is 40. The van der Waals surface area contributed by atoms with Gasteiger partial charge in [0, 0.05) is 12.4 Å². The molecule has 9 heteroatoms. The fourth-order valence-corrected chi connectivity index (χ4v) is 9.05. The molecule has 0 amide bonds. The summed E-state index contributed by atoms with van der Waals surface area (Å²) in [6.07, 6.45) is 40.9. The van der Waals surface area contributed by atoms with Gasteiger partial charge in [-0.3, -0.25) is 9.98 Å². The fraction of sp³-hybridized carbons (Fsp3) is 0.478. The van der Waals surface area contributed by atoms with Crippen molar-refractivity contribution in [2.24, 2.45) is 9.98 Å². The third kappa shape index (κ3) is 24.9. The average Bonchev–Trinajstić information content (AvgIpc) is 3.45. The normalized spacial score (nSPS) is 11.3. The van der Waals surface area contributed by atoms with E-state index in [1.165, 1.54) is 179 Å². The van der Waals surface area contributed by atoms with E-state index in [4.69, 9.17) is 18.9 Å². The molecule has 0 unspecified atom stereocenters. The Bertz CT molecular complexity index is 2290. The molecular weight excluding hydrogens is 943 g/mol. The summed E-state index contributed by atoms with van der Waals surface area (Å²) in [7, 11) is 0. The molecule has 0 spiro atoms. The molecule has 406 valence electrons. The zero-order valence-electron chi connectivity index (χ0n) is 46.1. The number of nitriles is 1. The van der Waals surface area contributed by atoms with E-state index in [2.05, 4.69) is 23.8 Å².